The van der Waals surface area contributed by atoms with Crippen LogP contribution in [0, 0.1) is 0 Å². The topological polar surface area (TPSA) is 67.4 Å². The molecule has 9 heteroatoms. The third-order valence-corrected chi connectivity index (χ3v) is 7.00. The van der Waals surface area contributed by atoms with Crippen LogP contribution in [0.3, 0.4) is 0 Å². The summed E-state index contributed by atoms with van der Waals surface area (Å²) < 4.78 is 7.53. The molecular weight excluding hydrogens is 470 g/mol. The molecule has 174 valence electrons. The van der Waals surface area contributed by atoms with Gasteiger partial charge in [-0.1, -0.05) is 41.6 Å². The molecule has 5 rings (SSSR count). The predicted molar refractivity (Wildman–Crippen MR) is 134 cm³/mol. The quantitative estimate of drug-likeness (QED) is 0.348. The molecule has 1 aliphatic heterocycles. The number of aromatic nitrogens is 3. The highest BCUT2D eigenvalue weighted by molar-refractivity contribution is 7.99. The third-order valence-electron chi connectivity index (χ3n) is 5.79. The van der Waals surface area contributed by atoms with Gasteiger partial charge >= 0.3 is 0 Å². The number of anilines is 1. The number of piperazine rings is 1. The van der Waals surface area contributed by atoms with Crippen molar-refractivity contribution in [2.45, 2.75) is 11.7 Å². The van der Waals surface area contributed by atoms with Crippen molar-refractivity contribution in [2.24, 2.45) is 0 Å². The molecule has 34 heavy (non-hydrogen) atoms. The first-order chi connectivity index (χ1) is 16.7. The molecule has 7 nitrogen and oxygen atoms in total. The van der Waals surface area contributed by atoms with E-state index in [1.54, 1.807) is 6.26 Å². The average molecular weight is 494 g/mol. The summed E-state index contributed by atoms with van der Waals surface area (Å²) in [5.41, 5.74) is 2.10. The number of hydrogen-bond acceptors (Lipinski definition) is 6. The fraction of sp³-hybridized carbons (Fsp3) is 0.240. The van der Waals surface area contributed by atoms with Crippen LogP contribution in [0.25, 0.3) is 11.4 Å². The minimum atomic E-state index is 0.110. The molecule has 1 aliphatic rings. The van der Waals surface area contributed by atoms with Gasteiger partial charge in [0.05, 0.1) is 18.6 Å². The van der Waals surface area contributed by atoms with Crippen LogP contribution < -0.4 is 4.90 Å². The van der Waals surface area contributed by atoms with E-state index in [0.717, 1.165) is 24.4 Å². The molecule has 1 fully saturated rings. The van der Waals surface area contributed by atoms with E-state index in [-0.39, 0.29) is 5.91 Å². The highest BCUT2D eigenvalue weighted by Crippen LogP contribution is 2.27. The van der Waals surface area contributed by atoms with Gasteiger partial charge in [0.1, 0.15) is 5.76 Å². The number of hydrogen-bond donors (Lipinski definition) is 0. The van der Waals surface area contributed by atoms with Crippen molar-refractivity contribution in [1.82, 2.24) is 19.7 Å². The van der Waals surface area contributed by atoms with Crippen LogP contribution in [0.4, 0.5) is 5.69 Å². The zero-order chi connectivity index (χ0) is 23.3. The van der Waals surface area contributed by atoms with Gasteiger partial charge in [-0.15, -0.1) is 10.2 Å². The summed E-state index contributed by atoms with van der Waals surface area (Å²) in [5.74, 6) is 1.92. The van der Waals surface area contributed by atoms with E-state index in [0.29, 0.717) is 41.4 Å². The second-order valence-electron chi connectivity index (χ2n) is 7.97. The van der Waals surface area contributed by atoms with Crippen LogP contribution in [-0.4, -0.2) is 57.5 Å². The van der Waals surface area contributed by atoms with Crippen molar-refractivity contribution in [2.75, 3.05) is 36.8 Å². The molecule has 1 saturated heterocycles. The first-order valence-electron chi connectivity index (χ1n) is 11.1. The Labute approximate surface area is 207 Å². The van der Waals surface area contributed by atoms with E-state index in [2.05, 4.69) is 27.2 Å². The molecule has 2 aromatic heterocycles. The highest BCUT2D eigenvalue weighted by atomic mass is 35.5. The van der Waals surface area contributed by atoms with Gasteiger partial charge in [-0.25, -0.2) is 0 Å². The monoisotopic (exact) mass is 493 g/mol. The molecule has 0 N–H and O–H groups in total. The van der Waals surface area contributed by atoms with Crippen molar-refractivity contribution < 1.29 is 9.21 Å². The molecule has 0 unspecified atom stereocenters. The number of para-hydroxylation sites is 1. The Morgan fingerprint density at radius 2 is 1.71 bits per heavy atom. The Morgan fingerprint density at radius 1 is 0.941 bits per heavy atom. The summed E-state index contributed by atoms with van der Waals surface area (Å²) in [6.45, 7) is 3.56. The Balaban J connectivity index is 1.26. The lowest BCUT2D eigenvalue weighted by atomic mass is 10.2. The summed E-state index contributed by atoms with van der Waals surface area (Å²) in [6.07, 6.45) is 1.65. The molecular formula is C25H24ClN5O2S. The molecule has 1 amide bonds. The molecule has 3 heterocycles. The summed E-state index contributed by atoms with van der Waals surface area (Å²) in [6, 6.07) is 21.6. The number of carbonyl (C=O) groups is 1. The van der Waals surface area contributed by atoms with Gasteiger partial charge in [-0.2, -0.15) is 0 Å². The SMILES string of the molecule is O=C(CSc1nnc(-c2ccc(Cl)cc2)n1Cc1ccco1)N1CCN(c2ccccc2)CC1. The second kappa shape index (κ2) is 10.4. The average Bonchev–Trinajstić information content (AvgIpc) is 3.54. The Kier molecular flexibility index (Phi) is 6.87. The zero-order valence-electron chi connectivity index (χ0n) is 18.5. The standard InChI is InChI=1S/C25H24ClN5O2S/c26-20-10-8-19(9-11-20)24-27-28-25(31(24)17-22-7-4-16-33-22)34-18-23(32)30-14-12-29(13-15-30)21-5-2-1-3-6-21/h1-11,16H,12-15,17-18H2. The van der Waals surface area contributed by atoms with Crippen LogP contribution in [0.5, 0.6) is 0 Å². The lowest BCUT2D eigenvalue weighted by molar-refractivity contribution is -0.128. The van der Waals surface area contributed by atoms with Gasteiger partial charge in [-0.3, -0.25) is 9.36 Å². The minimum absolute atomic E-state index is 0.110. The minimum Gasteiger partial charge on any atom is -0.467 e. The van der Waals surface area contributed by atoms with Gasteiger partial charge in [0.2, 0.25) is 5.91 Å². The number of thioether (sulfide) groups is 1. The fourth-order valence-corrected chi connectivity index (χ4v) is 4.95. The number of halogens is 1. The van der Waals surface area contributed by atoms with Crippen molar-refractivity contribution in [3.63, 3.8) is 0 Å². The summed E-state index contributed by atoms with van der Waals surface area (Å²) in [7, 11) is 0. The number of furan rings is 1. The largest absolute Gasteiger partial charge is 0.467 e. The molecule has 0 bridgehead atoms. The number of nitrogens with zero attached hydrogens (tertiary/aromatic N) is 5. The predicted octanol–water partition coefficient (Wildman–Crippen LogP) is 4.68. The number of carbonyl (C=O) groups excluding carboxylic acids is 1. The van der Waals surface area contributed by atoms with Gasteiger partial charge in [-0.05, 0) is 48.5 Å². The van der Waals surface area contributed by atoms with E-state index in [9.17, 15) is 4.79 Å². The van der Waals surface area contributed by atoms with Gasteiger partial charge in [0.15, 0.2) is 11.0 Å². The fourth-order valence-electron chi connectivity index (χ4n) is 3.98. The van der Waals surface area contributed by atoms with Crippen LogP contribution in [0.15, 0.2) is 82.6 Å². The van der Waals surface area contributed by atoms with Crippen molar-refractivity contribution >= 4 is 35.0 Å². The molecule has 0 atom stereocenters. The first-order valence-corrected chi connectivity index (χ1v) is 12.5. The van der Waals surface area contributed by atoms with E-state index >= 15 is 0 Å². The Bertz CT molecular complexity index is 1220. The molecule has 2 aromatic carbocycles. The van der Waals surface area contributed by atoms with Gasteiger partial charge < -0.3 is 14.2 Å². The Hall–Kier alpha value is -3.23. The smallest absolute Gasteiger partial charge is 0.233 e. The molecule has 0 spiro atoms. The van der Waals surface area contributed by atoms with Crippen LogP contribution >= 0.6 is 23.4 Å². The van der Waals surface area contributed by atoms with Crippen molar-refractivity contribution in [3.8, 4) is 11.4 Å². The third kappa shape index (κ3) is 5.13. The van der Waals surface area contributed by atoms with Crippen LogP contribution in [0.2, 0.25) is 5.02 Å². The van der Waals surface area contributed by atoms with Crippen molar-refractivity contribution in [3.05, 3.63) is 83.8 Å². The molecule has 0 saturated carbocycles. The summed E-state index contributed by atoms with van der Waals surface area (Å²) in [4.78, 5) is 17.2. The van der Waals surface area contributed by atoms with Crippen LogP contribution in [0.1, 0.15) is 5.76 Å². The lowest BCUT2D eigenvalue weighted by Gasteiger charge is -2.36. The van der Waals surface area contributed by atoms with E-state index < -0.39 is 0 Å². The highest BCUT2D eigenvalue weighted by Gasteiger charge is 2.23. The number of amides is 1. The number of rotatable bonds is 7. The van der Waals surface area contributed by atoms with Crippen LogP contribution in [-0.2, 0) is 11.3 Å². The van der Waals surface area contributed by atoms with E-state index in [1.807, 2.05) is 64.1 Å². The van der Waals surface area contributed by atoms with E-state index in [4.69, 9.17) is 16.0 Å². The maximum atomic E-state index is 13.0. The molecule has 0 radical (unpaired) electrons. The lowest BCUT2D eigenvalue weighted by Crippen LogP contribution is -2.49. The second-order valence-corrected chi connectivity index (χ2v) is 9.35. The number of benzene rings is 2. The molecule has 0 aliphatic carbocycles. The normalized spacial score (nSPS) is 13.9. The zero-order valence-corrected chi connectivity index (χ0v) is 20.1. The van der Waals surface area contributed by atoms with Gasteiger partial charge in [0, 0.05) is 42.5 Å². The maximum absolute atomic E-state index is 13.0. The van der Waals surface area contributed by atoms with E-state index in [1.165, 1.54) is 17.4 Å². The first kappa shape index (κ1) is 22.6. The molecule has 4 aromatic rings. The van der Waals surface area contributed by atoms with Gasteiger partial charge in [0.25, 0.3) is 0 Å². The maximum Gasteiger partial charge on any atom is 0.233 e. The van der Waals surface area contributed by atoms with Crippen molar-refractivity contribution in [1.29, 1.82) is 0 Å². The summed E-state index contributed by atoms with van der Waals surface area (Å²) in [5, 5.41) is 10.1. The summed E-state index contributed by atoms with van der Waals surface area (Å²) >= 11 is 7.46. The Morgan fingerprint density at radius 3 is 2.41 bits per heavy atom.